The fourth-order valence-electron chi connectivity index (χ4n) is 3.09. The summed E-state index contributed by atoms with van der Waals surface area (Å²) in [6.07, 6.45) is 6.79. The van der Waals surface area contributed by atoms with E-state index in [4.69, 9.17) is 4.74 Å². The second kappa shape index (κ2) is 7.49. The standard InChI is InChI=1S/C16H33NO/c1-6-15(12-18-5)17-11-13-7-9-14(10-8-13)16(2,3)4/h13-15,17H,6-12H2,1-5H3. The molecule has 1 atom stereocenters. The van der Waals surface area contributed by atoms with Crippen LogP contribution in [0.1, 0.15) is 59.8 Å². The van der Waals surface area contributed by atoms with E-state index >= 15 is 0 Å². The molecule has 0 aliphatic heterocycles. The van der Waals surface area contributed by atoms with Gasteiger partial charge in [-0.1, -0.05) is 27.7 Å². The first-order valence-corrected chi connectivity index (χ1v) is 7.69. The van der Waals surface area contributed by atoms with Crippen molar-refractivity contribution in [2.45, 2.75) is 65.8 Å². The van der Waals surface area contributed by atoms with Crippen LogP contribution in [0, 0.1) is 17.3 Å². The van der Waals surface area contributed by atoms with Gasteiger partial charge >= 0.3 is 0 Å². The first-order valence-electron chi connectivity index (χ1n) is 7.69. The Morgan fingerprint density at radius 1 is 1.17 bits per heavy atom. The van der Waals surface area contributed by atoms with Crippen molar-refractivity contribution in [3.05, 3.63) is 0 Å². The second-order valence-corrected chi connectivity index (χ2v) is 7.05. The molecule has 1 N–H and O–H groups in total. The summed E-state index contributed by atoms with van der Waals surface area (Å²) in [6.45, 7) is 11.4. The zero-order valence-electron chi connectivity index (χ0n) is 13.1. The van der Waals surface area contributed by atoms with E-state index in [0.29, 0.717) is 11.5 Å². The maximum atomic E-state index is 5.23. The molecule has 2 nitrogen and oxygen atoms in total. The van der Waals surface area contributed by atoms with E-state index in [1.807, 2.05) is 0 Å². The molecule has 18 heavy (non-hydrogen) atoms. The van der Waals surface area contributed by atoms with E-state index in [0.717, 1.165) is 24.9 Å². The summed E-state index contributed by atoms with van der Waals surface area (Å²) in [5.74, 6) is 1.81. The molecular formula is C16H33NO. The van der Waals surface area contributed by atoms with Crippen molar-refractivity contribution in [2.75, 3.05) is 20.3 Å². The maximum Gasteiger partial charge on any atom is 0.0615 e. The number of hydrogen-bond acceptors (Lipinski definition) is 2. The zero-order valence-corrected chi connectivity index (χ0v) is 13.1. The molecule has 1 fully saturated rings. The highest BCUT2D eigenvalue weighted by Gasteiger charge is 2.29. The lowest BCUT2D eigenvalue weighted by Crippen LogP contribution is -2.38. The maximum absolute atomic E-state index is 5.23. The zero-order chi connectivity index (χ0) is 13.6. The Morgan fingerprint density at radius 3 is 2.22 bits per heavy atom. The van der Waals surface area contributed by atoms with E-state index in [-0.39, 0.29) is 0 Å². The van der Waals surface area contributed by atoms with Gasteiger partial charge in [0, 0.05) is 13.2 Å². The number of methoxy groups -OCH3 is 1. The van der Waals surface area contributed by atoms with E-state index < -0.39 is 0 Å². The summed E-state index contributed by atoms with van der Waals surface area (Å²) in [6, 6.07) is 0.537. The van der Waals surface area contributed by atoms with Gasteiger partial charge < -0.3 is 10.1 Å². The van der Waals surface area contributed by atoms with Crippen LogP contribution in [-0.2, 0) is 4.74 Å². The largest absolute Gasteiger partial charge is 0.383 e. The van der Waals surface area contributed by atoms with Crippen LogP contribution in [-0.4, -0.2) is 26.3 Å². The Kier molecular flexibility index (Phi) is 6.65. The Labute approximate surface area is 114 Å². The van der Waals surface area contributed by atoms with Gasteiger partial charge in [0.1, 0.15) is 0 Å². The van der Waals surface area contributed by atoms with Gasteiger partial charge in [0.2, 0.25) is 0 Å². The van der Waals surface area contributed by atoms with Crippen LogP contribution in [0.3, 0.4) is 0 Å². The normalized spacial score (nSPS) is 27.2. The average Bonchev–Trinajstić information content (AvgIpc) is 2.34. The Morgan fingerprint density at radius 2 is 1.78 bits per heavy atom. The van der Waals surface area contributed by atoms with Crippen molar-refractivity contribution in [3.8, 4) is 0 Å². The molecule has 0 aromatic rings. The van der Waals surface area contributed by atoms with Crippen LogP contribution in [0.25, 0.3) is 0 Å². The quantitative estimate of drug-likeness (QED) is 0.778. The SMILES string of the molecule is CCC(COC)NCC1CCC(C(C)(C)C)CC1. The third-order valence-corrected chi connectivity index (χ3v) is 4.63. The summed E-state index contributed by atoms with van der Waals surface area (Å²) >= 11 is 0. The van der Waals surface area contributed by atoms with E-state index in [9.17, 15) is 0 Å². The lowest BCUT2D eigenvalue weighted by molar-refractivity contribution is 0.136. The van der Waals surface area contributed by atoms with E-state index in [1.165, 1.54) is 32.2 Å². The molecule has 2 heteroatoms. The number of hydrogen-bond donors (Lipinski definition) is 1. The highest BCUT2D eigenvalue weighted by atomic mass is 16.5. The van der Waals surface area contributed by atoms with Crippen LogP contribution in [0.4, 0.5) is 0 Å². The first-order chi connectivity index (χ1) is 8.47. The molecular weight excluding hydrogens is 222 g/mol. The smallest absolute Gasteiger partial charge is 0.0615 e. The molecule has 1 saturated carbocycles. The van der Waals surface area contributed by atoms with Crippen LogP contribution < -0.4 is 5.32 Å². The van der Waals surface area contributed by atoms with Crippen molar-refractivity contribution >= 4 is 0 Å². The molecule has 1 aliphatic rings. The summed E-state index contributed by atoms with van der Waals surface area (Å²) in [7, 11) is 1.79. The van der Waals surface area contributed by atoms with Crippen molar-refractivity contribution < 1.29 is 4.74 Å². The number of ether oxygens (including phenoxy) is 1. The highest BCUT2D eigenvalue weighted by Crippen LogP contribution is 2.39. The third-order valence-electron chi connectivity index (χ3n) is 4.63. The van der Waals surface area contributed by atoms with Gasteiger partial charge in [-0.05, 0) is 55.9 Å². The van der Waals surface area contributed by atoms with Gasteiger partial charge in [-0.3, -0.25) is 0 Å². The second-order valence-electron chi connectivity index (χ2n) is 7.05. The topological polar surface area (TPSA) is 21.3 Å². The molecule has 0 aromatic carbocycles. The lowest BCUT2D eigenvalue weighted by Gasteiger charge is -2.37. The molecule has 0 radical (unpaired) electrons. The van der Waals surface area contributed by atoms with Crippen LogP contribution in [0.5, 0.6) is 0 Å². The Balaban J connectivity index is 2.23. The van der Waals surface area contributed by atoms with Crippen molar-refractivity contribution in [1.82, 2.24) is 5.32 Å². The molecule has 1 rings (SSSR count). The summed E-state index contributed by atoms with van der Waals surface area (Å²) < 4.78 is 5.23. The Bertz CT molecular complexity index is 214. The summed E-state index contributed by atoms with van der Waals surface area (Å²) in [5, 5.41) is 3.67. The molecule has 1 aliphatic carbocycles. The predicted octanol–water partition coefficient (Wildman–Crippen LogP) is 3.85. The Hall–Kier alpha value is -0.0800. The molecule has 0 heterocycles. The molecule has 0 aromatic heterocycles. The lowest BCUT2D eigenvalue weighted by atomic mass is 9.70. The molecule has 0 amide bonds. The van der Waals surface area contributed by atoms with Crippen molar-refractivity contribution in [3.63, 3.8) is 0 Å². The monoisotopic (exact) mass is 255 g/mol. The summed E-state index contributed by atoms with van der Waals surface area (Å²) in [4.78, 5) is 0. The van der Waals surface area contributed by atoms with Gasteiger partial charge in [-0.25, -0.2) is 0 Å². The van der Waals surface area contributed by atoms with Gasteiger partial charge in [0.15, 0.2) is 0 Å². The molecule has 0 spiro atoms. The summed E-state index contributed by atoms with van der Waals surface area (Å²) in [5.41, 5.74) is 0.500. The van der Waals surface area contributed by atoms with Crippen LogP contribution in [0.15, 0.2) is 0 Å². The van der Waals surface area contributed by atoms with Gasteiger partial charge in [0.05, 0.1) is 6.61 Å². The van der Waals surface area contributed by atoms with Gasteiger partial charge in [0.25, 0.3) is 0 Å². The third kappa shape index (κ3) is 5.27. The highest BCUT2D eigenvalue weighted by molar-refractivity contribution is 4.81. The molecule has 0 saturated heterocycles. The minimum Gasteiger partial charge on any atom is -0.383 e. The fourth-order valence-corrected chi connectivity index (χ4v) is 3.09. The molecule has 0 bridgehead atoms. The van der Waals surface area contributed by atoms with Gasteiger partial charge in [-0.15, -0.1) is 0 Å². The molecule has 1 unspecified atom stereocenters. The predicted molar refractivity (Wildman–Crippen MR) is 78.9 cm³/mol. The van der Waals surface area contributed by atoms with Crippen LogP contribution >= 0.6 is 0 Å². The van der Waals surface area contributed by atoms with E-state index in [2.05, 4.69) is 33.0 Å². The number of rotatable bonds is 6. The number of nitrogens with one attached hydrogen (secondary N) is 1. The van der Waals surface area contributed by atoms with Crippen LogP contribution in [0.2, 0.25) is 0 Å². The minimum atomic E-state index is 0.500. The van der Waals surface area contributed by atoms with Crippen molar-refractivity contribution in [1.29, 1.82) is 0 Å². The van der Waals surface area contributed by atoms with Crippen molar-refractivity contribution in [2.24, 2.45) is 17.3 Å². The van der Waals surface area contributed by atoms with Gasteiger partial charge in [-0.2, -0.15) is 0 Å². The molecule has 108 valence electrons. The average molecular weight is 255 g/mol. The van der Waals surface area contributed by atoms with E-state index in [1.54, 1.807) is 7.11 Å². The minimum absolute atomic E-state index is 0.500. The fraction of sp³-hybridized carbons (Fsp3) is 1.00. The first kappa shape index (κ1) is 16.0.